The zero-order chi connectivity index (χ0) is 13.4. The number of halogens is 1. The monoisotopic (exact) mass is 271 g/mol. The van der Waals surface area contributed by atoms with E-state index in [2.05, 4.69) is 6.92 Å². The fraction of sp³-hybridized carbons (Fsp3) is 0.571. The van der Waals surface area contributed by atoms with Gasteiger partial charge in [-0.2, -0.15) is 0 Å². The number of hydrogen-bond acceptors (Lipinski definition) is 3. The van der Waals surface area contributed by atoms with Gasteiger partial charge in [0.1, 0.15) is 0 Å². The number of methoxy groups -OCH3 is 1. The van der Waals surface area contributed by atoms with Gasteiger partial charge in [0, 0.05) is 31.4 Å². The highest BCUT2D eigenvalue weighted by molar-refractivity contribution is 6.30. The Morgan fingerprint density at radius 2 is 1.89 bits per heavy atom. The topological polar surface area (TPSA) is 44.5 Å². The molecule has 0 aliphatic carbocycles. The summed E-state index contributed by atoms with van der Waals surface area (Å²) in [4.78, 5) is 0. The molecule has 102 valence electrons. The van der Waals surface area contributed by atoms with Gasteiger partial charge in [-0.05, 0) is 30.5 Å². The lowest BCUT2D eigenvalue weighted by molar-refractivity contribution is 0.0222. The molecule has 0 radical (unpaired) electrons. The van der Waals surface area contributed by atoms with E-state index in [0.717, 1.165) is 23.4 Å². The Morgan fingerprint density at radius 3 is 2.44 bits per heavy atom. The summed E-state index contributed by atoms with van der Waals surface area (Å²) in [5, 5.41) is 0.724. The molecular weight excluding hydrogens is 250 g/mol. The molecule has 4 heteroatoms. The van der Waals surface area contributed by atoms with Crippen LogP contribution in [-0.2, 0) is 9.47 Å². The predicted molar refractivity (Wildman–Crippen MR) is 74.9 cm³/mol. The maximum Gasteiger partial charge on any atom is 0.0975 e. The van der Waals surface area contributed by atoms with Crippen LogP contribution >= 0.6 is 11.6 Å². The summed E-state index contributed by atoms with van der Waals surface area (Å²) >= 11 is 5.89. The lowest BCUT2D eigenvalue weighted by Gasteiger charge is -2.24. The summed E-state index contributed by atoms with van der Waals surface area (Å²) in [6, 6.07) is 7.67. The molecule has 0 spiro atoms. The fourth-order valence-electron chi connectivity index (χ4n) is 1.75. The van der Waals surface area contributed by atoms with Gasteiger partial charge in [-0.25, -0.2) is 0 Å². The number of ether oxygens (including phenoxy) is 2. The fourth-order valence-corrected chi connectivity index (χ4v) is 1.87. The van der Waals surface area contributed by atoms with Crippen LogP contribution in [0.3, 0.4) is 0 Å². The van der Waals surface area contributed by atoms with E-state index in [1.165, 1.54) is 0 Å². The summed E-state index contributed by atoms with van der Waals surface area (Å²) in [5.41, 5.74) is 7.19. The SMILES string of the molecule is CCC(N)C(OCCCOC)c1ccc(Cl)cc1. The van der Waals surface area contributed by atoms with E-state index in [0.29, 0.717) is 13.2 Å². The van der Waals surface area contributed by atoms with E-state index in [9.17, 15) is 0 Å². The minimum atomic E-state index is -0.0795. The van der Waals surface area contributed by atoms with Crippen LogP contribution in [0.4, 0.5) is 0 Å². The number of rotatable bonds is 8. The van der Waals surface area contributed by atoms with Crippen molar-refractivity contribution in [2.24, 2.45) is 5.73 Å². The Hall–Kier alpha value is -0.610. The first-order valence-electron chi connectivity index (χ1n) is 6.30. The van der Waals surface area contributed by atoms with Gasteiger partial charge in [0.15, 0.2) is 0 Å². The molecule has 0 bridgehead atoms. The molecule has 2 atom stereocenters. The molecule has 0 aromatic heterocycles. The summed E-state index contributed by atoms with van der Waals surface area (Å²) < 4.78 is 10.9. The van der Waals surface area contributed by atoms with Gasteiger partial charge >= 0.3 is 0 Å². The van der Waals surface area contributed by atoms with Crippen LogP contribution in [0, 0.1) is 0 Å². The molecule has 0 heterocycles. The lowest BCUT2D eigenvalue weighted by Crippen LogP contribution is -2.30. The van der Waals surface area contributed by atoms with Gasteiger partial charge in [0.25, 0.3) is 0 Å². The van der Waals surface area contributed by atoms with Gasteiger partial charge in [0.05, 0.1) is 6.10 Å². The van der Waals surface area contributed by atoms with Crippen molar-refractivity contribution in [2.45, 2.75) is 31.9 Å². The Morgan fingerprint density at radius 1 is 1.22 bits per heavy atom. The number of benzene rings is 1. The van der Waals surface area contributed by atoms with Crippen molar-refractivity contribution in [1.29, 1.82) is 0 Å². The quantitative estimate of drug-likeness (QED) is 0.739. The molecule has 0 saturated carbocycles. The van der Waals surface area contributed by atoms with Crippen LogP contribution in [-0.4, -0.2) is 26.4 Å². The summed E-state index contributed by atoms with van der Waals surface area (Å²) in [5.74, 6) is 0. The van der Waals surface area contributed by atoms with Crippen molar-refractivity contribution in [3.63, 3.8) is 0 Å². The highest BCUT2D eigenvalue weighted by Gasteiger charge is 2.18. The summed E-state index contributed by atoms with van der Waals surface area (Å²) in [6.45, 7) is 3.41. The highest BCUT2D eigenvalue weighted by Crippen LogP contribution is 2.23. The van der Waals surface area contributed by atoms with Crippen LogP contribution in [0.15, 0.2) is 24.3 Å². The van der Waals surface area contributed by atoms with Gasteiger partial charge in [-0.1, -0.05) is 30.7 Å². The van der Waals surface area contributed by atoms with E-state index >= 15 is 0 Å². The molecule has 0 amide bonds. The normalized spacial score (nSPS) is 14.4. The second-order valence-electron chi connectivity index (χ2n) is 4.26. The van der Waals surface area contributed by atoms with Gasteiger partial charge in [-0.3, -0.25) is 0 Å². The molecule has 0 fully saturated rings. The second-order valence-corrected chi connectivity index (χ2v) is 4.70. The van der Waals surface area contributed by atoms with E-state index in [-0.39, 0.29) is 12.1 Å². The second kappa shape index (κ2) is 8.48. The first-order chi connectivity index (χ1) is 8.69. The highest BCUT2D eigenvalue weighted by atomic mass is 35.5. The van der Waals surface area contributed by atoms with Crippen LogP contribution in [0.1, 0.15) is 31.4 Å². The first kappa shape index (κ1) is 15.4. The molecule has 18 heavy (non-hydrogen) atoms. The molecule has 1 aromatic rings. The molecule has 2 N–H and O–H groups in total. The Balaban J connectivity index is 2.63. The Labute approximate surface area is 114 Å². The van der Waals surface area contributed by atoms with E-state index in [4.69, 9.17) is 26.8 Å². The van der Waals surface area contributed by atoms with Gasteiger partial charge < -0.3 is 15.2 Å². The molecule has 0 saturated heterocycles. The largest absolute Gasteiger partial charge is 0.385 e. The molecule has 2 unspecified atom stereocenters. The van der Waals surface area contributed by atoms with Crippen LogP contribution < -0.4 is 5.73 Å². The number of nitrogens with two attached hydrogens (primary N) is 1. The Bertz CT molecular complexity index is 329. The lowest BCUT2D eigenvalue weighted by atomic mass is 10.0. The minimum Gasteiger partial charge on any atom is -0.385 e. The van der Waals surface area contributed by atoms with Crippen molar-refractivity contribution >= 4 is 11.6 Å². The third-order valence-corrected chi connectivity index (χ3v) is 3.10. The maximum atomic E-state index is 6.11. The maximum absolute atomic E-state index is 6.11. The van der Waals surface area contributed by atoms with Crippen LogP contribution in [0.25, 0.3) is 0 Å². The summed E-state index contributed by atoms with van der Waals surface area (Å²) in [6.07, 6.45) is 1.67. The smallest absolute Gasteiger partial charge is 0.0975 e. The first-order valence-corrected chi connectivity index (χ1v) is 6.68. The van der Waals surface area contributed by atoms with Crippen LogP contribution in [0.5, 0.6) is 0 Å². The standard InChI is InChI=1S/C14H22ClNO2/c1-3-13(16)14(18-10-4-9-17-2)11-5-7-12(15)8-6-11/h5-8,13-14H,3-4,9-10,16H2,1-2H3. The molecule has 3 nitrogen and oxygen atoms in total. The van der Waals surface area contributed by atoms with E-state index in [1.807, 2.05) is 24.3 Å². The molecular formula is C14H22ClNO2. The third kappa shape index (κ3) is 4.94. The molecule has 0 aliphatic heterocycles. The zero-order valence-electron chi connectivity index (χ0n) is 11.1. The van der Waals surface area contributed by atoms with Crippen LogP contribution in [0.2, 0.25) is 5.02 Å². The van der Waals surface area contributed by atoms with Gasteiger partial charge in [-0.15, -0.1) is 0 Å². The minimum absolute atomic E-state index is 0.00581. The zero-order valence-corrected chi connectivity index (χ0v) is 11.8. The average Bonchev–Trinajstić information content (AvgIpc) is 2.39. The summed E-state index contributed by atoms with van der Waals surface area (Å²) in [7, 11) is 1.69. The van der Waals surface area contributed by atoms with Crippen molar-refractivity contribution < 1.29 is 9.47 Å². The Kier molecular flexibility index (Phi) is 7.28. The number of hydrogen-bond donors (Lipinski definition) is 1. The van der Waals surface area contributed by atoms with Crippen molar-refractivity contribution in [3.05, 3.63) is 34.9 Å². The van der Waals surface area contributed by atoms with Crippen molar-refractivity contribution in [1.82, 2.24) is 0 Å². The van der Waals surface area contributed by atoms with Crippen molar-refractivity contribution in [2.75, 3.05) is 20.3 Å². The molecule has 0 aliphatic rings. The molecule has 1 aromatic carbocycles. The average molecular weight is 272 g/mol. The third-order valence-electron chi connectivity index (χ3n) is 2.85. The van der Waals surface area contributed by atoms with Crippen molar-refractivity contribution in [3.8, 4) is 0 Å². The van der Waals surface area contributed by atoms with E-state index < -0.39 is 0 Å². The van der Waals surface area contributed by atoms with E-state index in [1.54, 1.807) is 7.11 Å². The van der Waals surface area contributed by atoms with Gasteiger partial charge in [0.2, 0.25) is 0 Å². The molecule has 1 rings (SSSR count). The predicted octanol–water partition coefficient (Wildman–Crippen LogP) is 3.17.